The summed E-state index contributed by atoms with van der Waals surface area (Å²) in [5.41, 5.74) is 6.14. The van der Waals surface area contributed by atoms with Gasteiger partial charge in [-0.25, -0.2) is 4.39 Å². The van der Waals surface area contributed by atoms with Crippen molar-refractivity contribution in [1.29, 1.82) is 0 Å². The van der Waals surface area contributed by atoms with E-state index in [0.29, 0.717) is 18.4 Å². The third-order valence-electron chi connectivity index (χ3n) is 3.39. The van der Waals surface area contributed by atoms with Crippen molar-refractivity contribution >= 4 is 0 Å². The Hall–Kier alpha value is -0.930. The number of aliphatic hydroxyl groups is 1. The Balaban J connectivity index is 2.37. The number of aryl methyl sites for hydroxylation is 1. The van der Waals surface area contributed by atoms with E-state index in [4.69, 9.17) is 5.73 Å². The second-order valence-electron chi connectivity index (χ2n) is 4.87. The Morgan fingerprint density at radius 2 is 2.25 bits per heavy atom. The van der Waals surface area contributed by atoms with Gasteiger partial charge in [-0.15, -0.1) is 0 Å². The summed E-state index contributed by atoms with van der Waals surface area (Å²) >= 11 is 0. The Morgan fingerprint density at radius 1 is 1.50 bits per heavy atom. The first-order valence-electron chi connectivity index (χ1n) is 5.76. The van der Waals surface area contributed by atoms with Crippen LogP contribution in [0.15, 0.2) is 18.2 Å². The lowest BCUT2D eigenvalue weighted by molar-refractivity contribution is -0.0102. The molecule has 88 valence electrons. The second kappa shape index (κ2) is 4.15. The van der Waals surface area contributed by atoms with Crippen molar-refractivity contribution in [1.82, 2.24) is 0 Å². The highest BCUT2D eigenvalue weighted by Gasteiger charge is 2.36. The van der Waals surface area contributed by atoms with Crippen LogP contribution in [-0.4, -0.2) is 11.1 Å². The van der Waals surface area contributed by atoms with Crippen molar-refractivity contribution in [2.75, 3.05) is 0 Å². The van der Waals surface area contributed by atoms with Crippen molar-refractivity contribution in [3.8, 4) is 0 Å². The van der Waals surface area contributed by atoms with Gasteiger partial charge in [0.15, 0.2) is 0 Å². The molecule has 0 amide bonds. The molecule has 0 heterocycles. The normalized spacial score (nSPS) is 30.4. The summed E-state index contributed by atoms with van der Waals surface area (Å²) in [6, 6.07) is 4.83. The molecule has 0 aliphatic heterocycles. The lowest BCUT2D eigenvalue weighted by atomic mass is 9.77. The number of benzene rings is 1. The van der Waals surface area contributed by atoms with Gasteiger partial charge in [0.25, 0.3) is 0 Å². The van der Waals surface area contributed by atoms with Crippen molar-refractivity contribution in [2.24, 2.45) is 5.73 Å². The molecule has 1 aromatic rings. The van der Waals surface area contributed by atoms with Gasteiger partial charge in [-0.05, 0) is 38.7 Å². The summed E-state index contributed by atoms with van der Waals surface area (Å²) in [5, 5.41) is 10.5. The Bertz CT molecular complexity index is 394. The van der Waals surface area contributed by atoms with Crippen LogP contribution in [0.2, 0.25) is 0 Å². The molecule has 1 aromatic carbocycles. The SMILES string of the molecule is Cc1ccc(F)c(C2(O)CCCC(N)C2)c1. The molecule has 0 bridgehead atoms. The molecule has 1 saturated carbocycles. The van der Waals surface area contributed by atoms with Crippen molar-refractivity contribution in [2.45, 2.75) is 44.2 Å². The fourth-order valence-electron chi connectivity index (χ4n) is 2.53. The molecule has 0 spiro atoms. The quantitative estimate of drug-likeness (QED) is 0.767. The smallest absolute Gasteiger partial charge is 0.129 e. The number of halogens is 1. The largest absolute Gasteiger partial charge is 0.385 e. The highest BCUT2D eigenvalue weighted by molar-refractivity contribution is 5.29. The molecule has 2 atom stereocenters. The van der Waals surface area contributed by atoms with Crippen molar-refractivity contribution in [3.63, 3.8) is 0 Å². The lowest BCUT2D eigenvalue weighted by Gasteiger charge is -2.36. The summed E-state index contributed by atoms with van der Waals surface area (Å²) in [7, 11) is 0. The Kier molecular flexibility index (Phi) is 3.00. The highest BCUT2D eigenvalue weighted by Crippen LogP contribution is 2.37. The van der Waals surface area contributed by atoms with E-state index in [-0.39, 0.29) is 11.9 Å². The van der Waals surface area contributed by atoms with Crippen molar-refractivity contribution in [3.05, 3.63) is 35.1 Å². The first kappa shape index (κ1) is 11.6. The van der Waals surface area contributed by atoms with E-state index in [1.165, 1.54) is 6.07 Å². The molecule has 1 aliphatic rings. The van der Waals surface area contributed by atoms with Gasteiger partial charge in [-0.3, -0.25) is 0 Å². The van der Waals surface area contributed by atoms with E-state index < -0.39 is 5.60 Å². The number of hydrogen-bond donors (Lipinski definition) is 2. The van der Waals surface area contributed by atoms with E-state index in [9.17, 15) is 9.50 Å². The van der Waals surface area contributed by atoms with Gasteiger partial charge in [-0.1, -0.05) is 17.7 Å². The number of rotatable bonds is 1. The molecule has 16 heavy (non-hydrogen) atoms. The minimum absolute atomic E-state index is 0.0290. The monoisotopic (exact) mass is 223 g/mol. The summed E-state index contributed by atoms with van der Waals surface area (Å²) in [5.74, 6) is -0.331. The van der Waals surface area contributed by atoms with Gasteiger partial charge in [0.2, 0.25) is 0 Å². The molecule has 0 radical (unpaired) electrons. The van der Waals surface area contributed by atoms with Crippen LogP contribution in [0.1, 0.15) is 36.8 Å². The highest BCUT2D eigenvalue weighted by atomic mass is 19.1. The topological polar surface area (TPSA) is 46.2 Å². The summed E-state index contributed by atoms with van der Waals surface area (Å²) < 4.78 is 13.7. The van der Waals surface area contributed by atoms with E-state index >= 15 is 0 Å². The third-order valence-corrected chi connectivity index (χ3v) is 3.39. The first-order valence-corrected chi connectivity index (χ1v) is 5.76. The fraction of sp³-hybridized carbons (Fsp3) is 0.538. The second-order valence-corrected chi connectivity index (χ2v) is 4.87. The maximum absolute atomic E-state index is 13.7. The molecule has 2 nitrogen and oxygen atoms in total. The minimum Gasteiger partial charge on any atom is -0.385 e. The molecule has 3 heteroatoms. The van der Waals surface area contributed by atoms with E-state index in [1.54, 1.807) is 12.1 Å². The number of nitrogens with two attached hydrogens (primary N) is 1. The van der Waals surface area contributed by atoms with Gasteiger partial charge in [0, 0.05) is 11.6 Å². The van der Waals surface area contributed by atoms with E-state index in [2.05, 4.69) is 0 Å². The van der Waals surface area contributed by atoms with Crippen LogP contribution in [-0.2, 0) is 5.60 Å². The maximum atomic E-state index is 13.7. The van der Waals surface area contributed by atoms with E-state index in [0.717, 1.165) is 18.4 Å². The van der Waals surface area contributed by atoms with Crippen molar-refractivity contribution < 1.29 is 9.50 Å². The molecule has 1 aliphatic carbocycles. The van der Waals surface area contributed by atoms with Gasteiger partial charge in [-0.2, -0.15) is 0 Å². The van der Waals surface area contributed by atoms with Crippen LogP contribution < -0.4 is 5.73 Å². The molecule has 1 fully saturated rings. The molecule has 0 aromatic heterocycles. The maximum Gasteiger partial charge on any atom is 0.129 e. The Morgan fingerprint density at radius 3 is 2.94 bits per heavy atom. The summed E-state index contributed by atoms with van der Waals surface area (Å²) in [4.78, 5) is 0. The average Bonchev–Trinajstić information content (AvgIpc) is 2.21. The molecular weight excluding hydrogens is 205 g/mol. The zero-order valence-corrected chi connectivity index (χ0v) is 9.54. The third kappa shape index (κ3) is 2.11. The average molecular weight is 223 g/mol. The molecule has 0 saturated heterocycles. The van der Waals surface area contributed by atoms with Crippen LogP contribution in [0.25, 0.3) is 0 Å². The molecule has 2 rings (SSSR count). The van der Waals surface area contributed by atoms with Crippen LogP contribution in [0.4, 0.5) is 4.39 Å². The first-order chi connectivity index (χ1) is 7.51. The van der Waals surface area contributed by atoms with Gasteiger partial charge < -0.3 is 10.8 Å². The van der Waals surface area contributed by atoms with Crippen LogP contribution in [0.5, 0.6) is 0 Å². The zero-order valence-electron chi connectivity index (χ0n) is 9.54. The van der Waals surface area contributed by atoms with Gasteiger partial charge in [0.05, 0.1) is 5.60 Å². The lowest BCUT2D eigenvalue weighted by Crippen LogP contribution is -2.39. The Labute approximate surface area is 95.3 Å². The number of hydrogen-bond acceptors (Lipinski definition) is 2. The molecule has 3 N–H and O–H groups in total. The minimum atomic E-state index is -1.08. The predicted molar refractivity (Wildman–Crippen MR) is 61.5 cm³/mol. The molecular formula is C13H18FNO. The summed E-state index contributed by atoms with van der Waals surface area (Å²) in [6.07, 6.45) is 2.81. The van der Waals surface area contributed by atoms with Gasteiger partial charge >= 0.3 is 0 Å². The van der Waals surface area contributed by atoms with Crippen LogP contribution in [0.3, 0.4) is 0 Å². The fourth-order valence-corrected chi connectivity index (χ4v) is 2.53. The molecule has 2 unspecified atom stereocenters. The van der Waals surface area contributed by atoms with Crippen LogP contribution >= 0.6 is 0 Å². The standard InChI is InChI=1S/C13H18FNO/c1-9-4-5-12(14)11(7-9)13(16)6-2-3-10(15)8-13/h4-5,7,10,16H,2-3,6,8,15H2,1H3. The van der Waals surface area contributed by atoms with Crippen LogP contribution in [0, 0.1) is 12.7 Å². The predicted octanol–water partition coefficient (Wildman–Crippen LogP) is 2.22. The van der Waals surface area contributed by atoms with E-state index in [1.807, 2.05) is 6.92 Å². The van der Waals surface area contributed by atoms with Gasteiger partial charge in [0.1, 0.15) is 5.82 Å². The zero-order chi connectivity index (χ0) is 11.8. The summed E-state index contributed by atoms with van der Waals surface area (Å²) in [6.45, 7) is 1.90.